The van der Waals surface area contributed by atoms with Crippen molar-refractivity contribution in [1.82, 2.24) is 0 Å². The molecular formula is C13H25NO2. The molecule has 0 saturated carbocycles. The van der Waals surface area contributed by atoms with Crippen LogP contribution in [0.1, 0.15) is 45.4 Å². The number of ketones is 1. The quantitative estimate of drug-likeness (QED) is 0.725. The Balaban J connectivity index is 2.10. The molecule has 3 nitrogen and oxygen atoms in total. The van der Waals surface area contributed by atoms with Crippen LogP contribution in [0.2, 0.25) is 0 Å². The fraction of sp³-hybridized carbons (Fsp3) is 0.923. The summed E-state index contributed by atoms with van der Waals surface area (Å²) in [5.41, 5.74) is 5.49. The maximum absolute atomic E-state index is 11.7. The van der Waals surface area contributed by atoms with E-state index in [0.717, 1.165) is 58.3 Å². The molecule has 16 heavy (non-hydrogen) atoms. The highest BCUT2D eigenvalue weighted by molar-refractivity contribution is 5.78. The van der Waals surface area contributed by atoms with Crippen molar-refractivity contribution < 1.29 is 9.53 Å². The molecule has 0 aromatic rings. The second-order valence-corrected chi connectivity index (χ2v) is 5.02. The summed E-state index contributed by atoms with van der Waals surface area (Å²) in [6.45, 7) is 4.58. The Labute approximate surface area is 98.7 Å². The van der Waals surface area contributed by atoms with Crippen LogP contribution in [0.5, 0.6) is 0 Å². The van der Waals surface area contributed by atoms with Gasteiger partial charge in [-0.25, -0.2) is 0 Å². The molecule has 2 N–H and O–H groups in total. The SMILES string of the molecule is CC(CCN)CCC(=O)CC1CCOCC1. The molecular weight excluding hydrogens is 202 g/mol. The van der Waals surface area contributed by atoms with E-state index in [9.17, 15) is 4.79 Å². The predicted molar refractivity (Wildman–Crippen MR) is 65.2 cm³/mol. The number of hydrogen-bond acceptors (Lipinski definition) is 3. The van der Waals surface area contributed by atoms with Crippen LogP contribution >= 0.6 is 0 Å². The lowest BCUT2D eigenvalue weighted by molar-refractivity contribution is -0.120. The molecule has 1 atom stereocenters. The molecule has 1 fully saturated rings. The van der Waals surface area contributed by atoms with E-state index in [-0.39, 0.29) is 0 Å². The van der Waals surface area contributed by atoms with Gasteiger partial charge in [0.1, 0.15) is 5.78 Å². The Morgan fingerprint density at radius 1 is 1.38 bits per heavy atom. The van der Waals surface area contributed by atoms with Crippen molar-refractivity contribution in [1.29, 1.82) is 0 Å². The van der Waals surface area contributed by atoms with Gasteiger partial charge in [0.05, 0.1) is 0 Å². The molecule has 1 rings (SSSR count). The van der Waals surface area contributed by atoms with E-state index in [0.29, 0.717) is 17.6 Å². The van der Waals surface area contributed by atoms with Gasteiger partial charge in [-0.1, -0.05) is 6.92 Å². The lowest BCUT2D eigenvalue weighted by atomic mass is 9.91. The molecule has 1 saturated heterocycles. The normalized spacial score (nSPS) is 19.6. The number of hydrogen-bond donors (Lipinski definition) is 1. The third-order valence-corrected chi connectivity index (χ3v) is 3.43. The van der Waals surface area contributed by atoms with Crippen molar-refractivity contribution in [2.24, 2.45) is 17.6 Å². The predicted octanol–water partition coefficient (Wildman–Crippen LogP) is 2.14. The van der Waals surface area contributed by atoms with Crippen LogP contribution in [0.25, 0.3) is 0 Å². The van der Waals surface area contributed by atoms with E-state index in [4.69, 9.17) is 10.5 Å². The van der Waals surface area contributed by atoms with Gasteiger partial charge in [0.15, 0.2) is 0 Å². The molecule has 0 bridgehead atoms. The maximum Gasteiger partial charge on any atom is 0.133 e. The zero-order chi connectivity index (χ0) is 11.8. The average Bonchev–Trinajstić information content (AvgIpc) is 2.28. The summed E-state index contributed by atoms with van der Waals surface area (Å²) in [7, 11) is 0. The second-order valence-electron chi connectivity index (χ2n) is 5.02. The lowest BCUT2D eigenvalue weighted by Crippen LogP contribution is -2.19. The summed E-state index contributed by atoms with van der Waals surface area (Å²) in [5, 5.41) is 0. The molecule has 0 aliphatic carbocycles. The lowest BCUT2D eigenvalue weighted by Gasteiger charge is -2.21. The highest BCUT2D eigenvalue weighted by Gasteiger charge is 2.17. The third kappa shape index (κ3) is 5.61. The highest BCUT2D eigenvalue weighted by atomic mass is 16.5. The summed E-state index contributed by atoms with van der Waals surface area (Å²) in [6.07, 6.45) is 5.65. The summed E-state index contributed by atoms with van der Waals surface area (Å²) < 4.78 is 5.29. The molecule has 0 radical (unpaired) electrons. The Morgan fingerprint density at radius 3 is 2.69 bits per heavy atom. The average molecular weight is 227 g/mol. The topological polar surface area (TPSA) is 52.3 Å². The zero-order valence-corrected chi connectivity index (χ0v) is 10.4. The summed E-state index contributed by atoms with van der Waals surface area (Å²) in [6, 6.07) is 0. The van der Waals surface area contributed by atoms with Gasteiger partial charge in [-0.2, -0.15) is 0 Å². The van der Waals surface area contributed by atoms with Crippen molar-refractivity contribution in [3.05, 3.63) is 0 Å². The van der Waals surface area contributed by atoms with E-state index in [1.165, 1.54) is 0 Å². The van der Waals surface area contributed by atoms with Gasteiger partial charge >= 0.3 is 0 Å². The molecule has 0 aromatic carbocycles. The van der Waals surface area contributed by atoms with Gasteiger partial charge in [-0.3, -0.25) is 4.79 Å². The molecule has 0 spiro atoms. The first-order valence-electron chi connectivity index (χ1n) is 6.52. The molecule has 1 unspecified atom stereocenters. The third-order valence-electron chi connectivity index (χ3n) is 3.43. The van der Waals surface area contributed by atoms with E-state index >= 15 is 0 Å². The van der Waals surface area contributed by atoms with Crippen LogP contribution in [0.4, 0.5) is 0 Å². The number of carbonyl (C=O) groups is 1. The van der Waals surface area contributed by atoms with E-state index in [1.807, 2.05) is 0 Å². The minimum absolute atomic E-state index is 0.427. The van der Waals surface area contributed by atoms with Crippen molar-refractivity contribution >= 4 is 5.78 Å². The fourth-order valence-corrected chi connectivity index (χ4v) is 2.21. The Morgan fingerprint density at radius 2 is 2.06 bits per heavy atom. The van der Waals surface area contributed by atoms with Gasteiger partial charge in [0.25, 0.3) is 0 Å². The van der Waals surface area contributed by atoms with Crippen LogP contribution in [0.3, 0.4) is 0 Å². The van der Waals surface area contributed by atoms with E-state index < -0.39 is 0 Å². The van der Waals surface area contributed by atoms with Gasteiger partial charge < -0.3 is 10.5 Å². The largest absolute Gasteiger partial charge is 0.381 e. The van der Waals surface area contributed by atoms with Crippen molar-refractivity contribution in [3.63, 3.8) is 0 Å². The van der Waals surface area contributed by atoms with Crippen molar-refractivity contribution in [2.75, 3.05) is 19.8 Å². The molecule has 3 heteroatoms. The first-order valence-corrected chi connectivity index (χ1v) is 6.52. The first kappa shape index (κ1) is 13.7. The Kier molecular flexibility index (Phi) is 6.65. The number of nitrogens with two attached hydrogens (primary N) is 1. The Hall–Kier alpha value is -0.410. The van der Waals surface area contributed by atoms with Crippen molar-refractivity contribution in [2.45, 2.75) is 45.4 Å². The molecule has 1 aliphatic heterocycles. The van der Waals surface area contributed by atoms with Gasteiger partial charge in [0.2, 0.25) is 0 Å². The van der Waals surface area contributed by atoms with Crippen molar-refractivity contribution in [3.8, 4) is 0 Å². The smallest absolute Gasteiger partial charge is 0.133 e. The van der Waals surface area contributed by atoms with Crippen LogP contribution in [-0.4, -0.2) is 25.5 Å². The number of Topliss-reactive ketones (excluding diaryl/α,β-unsaturated/α-hetero) is 1. The maximum atomic E-state index is 11.7. The van der Waals surface area contributed by atoms with Crippen LogP contribution in [0.15, 0.2) is 0 Å². The molecule has 0 aromatic heterocycles. The van der Waals surface area contributed by atoms with Crippen LogP contribution < -0.4 is 5.73 Å². The van der Waals surface area contributed by atoms with Gasteiger partial charge in [0, 0.05) is 26.1 Å². The highest BCUT2D eigenvalue weighted by Crippen LogP contribution is 2.20. The van der Waals surface area contributed by atoms with E-state index in [1.54, 1.807) is 0 Å². The second kappa shape index (κ2) is 7.80. The van der Waals surface area contributed by atoms with Crippen LogP contribution in [-0.2, 0) is 9.53 Å². The van der Waals surface area contributed by atoms with Crippen LogP contribution in [0, 0.1) is 11.8 Å². The molecule has 1 heterocycles. The summed E-state index contributed by atoms with van der Waals surface area (Å²) in [4.78, 5) is 11.7. The molecule has 0 amide bonds. The number of rotatable bonds is 7. The summed E-state index contributed by atoms with van der Waals surface area (Å²) >= 11 is 0. The summed E-state index contributed by atoms with van der Waals surface area (Å²) in [5.74, 6) is 1.59. The van der Waals surface area contributed by atoms with Gasteiger partial charge in [-0.05, 0) is 44.1 Å². The minimum Gasteiger partial charge on any atom is -0.381 e. The zero-order valence-electron chi connectivity index (χ0n) is 10.4. The fourth-order valence-electron chi connectivity index (χ4n) is 2.21. The number of carbonyl (C=O) groups excluding carboxylic acids is 1. The standard InChI is InChI=1S/C13H25NO2/c1-11(4-7-14)2-3-13(15)10-12-5-8-16-9-6-12/h11-12H,2-10,14H2,1H3. The Bertz CT molecular complexity index is 200. The molecule has 94 valence electrons. The van der Waals surface area contributed by atoms with Gasteiger partial charge in [-0.15, -0.1) is 0 Å². The minimum atomic E-state index is 0.427. The number of ether oxygens (including phenoxy) is 1. The first-order chi connectivity index (χ1) is 7.72. The monoisotopic (exact) mass is 227 g/mol. The molecule has 1 aliphatic rings. The van der Waals surface area contributed by atoms with E-state index in [2.05, 4.69) is 6.92 Å².